The zero-order chi connectivity index (χ0) is 19.6. The van der Waals surface area contributed by atoms with E-state index >= 15 is 0 Å². The van der Waals surface area contributed by atoms with Crippen LogP contribution in [0.15, 0.2) is 47.4 Å². The Balaban J connectivity index is 1.92. The number of amides is 1. The first kappa shape index (κ1) is 19.2. The van der Waals surface area contributed by atoms with Crippen LogP contribution < -0.4 is 9.47 Å². The van der Waals surface area contributed by atoms with E-state index in [-0.39, 0.29) is 16.8 Å². The molecular weight excluding hydrogens is 366 g/mol. The Bertz CT molecular complexity index is 955. The Labute approximate surface area is 159 Å². The van der Waals surface area contributed by atoms with Crippen LogP contribution in [0, 0.1) is 0 Å². The summed E-state index contributed by atoms with van der Waals surface area (Å²) >= 11 is 0. The minimum absolute atomic E-state index is 0.0841. The lowest BCUT2D eigenvalue weighted by Gasteiger charge is -2.26. The van der Waals surface area contributed by atoms with Gasteiger partial charge >= 0.3 is 0 Å². The van der Waals surface area contributed by atoms with Crippen molar-refractivity contribution in [3.63, 3.8) is 0 Å². The number of rotatable bonds is 5. The van der Waals surface area contributed by atoms with Gasteiger partial charge in [-0.05, 0) is 48.7 Å². The molecule has 0 saturated carbocycles. The first-order valence-electron chi connectivity index (χ1n) is 8.68. The van der Waals surface area contributed by atoms with Crippen LogP contribution >= 0.6 is 0 Å². The lowest BCUT2D eigenvalue weighted by Crippen LogP contribution is -2.30. The number of hydrogen-bond acceptors (Lipinski definition) is 5. The highest BCUT2D eigenvalue weighted by atomic mass is 32.2. The predicted octanol–water partition coefficient (Wildman–Crippen LogP) is 3.08. The summed E-state index contributed by atoms with van der Waals surface area (Å²) in [5.41, 5.74) is 1.35. The van der Waals surface area contributed by atoms with Gasteiger partial charge in [0.2, 0.25) is 0 Å². The van der Waals surface area contributed by atoms with Crippen LogP contribution in [0.2, 0.25) is 0 Å². The molecule has 1 atom stereocenters. The van der Waals surface area contributed by atoms with Crippen molar-refractivity contribution in [1.82, 2.24) is 4.90 Å². The Morgan fingerprint density at radius 3 is 2.48 bits per heavy atom. The lowest BCUT2D eigenvalue weighted by atomic mass is 10.0. The maximum Gasteiger partial charge on any atom is 0.254 e. The highest BCUT2D eigenvalue weighted by molar-refractivity contribution is 7.90. The van der Waals surface area contributed by atoms with Crippen molar-refractivity contribution in [2.24, 2.45) is 0 Å². The number of benzene rings is 2. The van der Waals surface area contributed by atoms with Gasteiger partial charge in [-0.15, -0.1) is 0 Å². The molecule has 2 aromatic carbocycles. The van der Waals surface area contributed by atoms with E-state index in [1.54, 1.807) is 31.3 Å². The quantitative estimate of drug-likeness (QED) is 0.786. The van der Waals surface area contributed by atoms with Crippen molar-refractivity contribution in [2.45, 2.75) is 23.8 Å². The molecule has 1 heterocycles. The molecule has 3 rings (SSSR count). The molecule has 144 valence electrons. The zero-order valence-corrected chi connectivity index (χ0v) is 16.5. The summed E-state index contributed by atoms with van der Waals surface area (Å²) in [6.45, 7) is 0.626. The Kier molecular flexibility index (Phi) is 5.41. The first-order chi connectivity index (χ1) is 12.8. The fourth-order valence-corrected chi connectivity index (χ4v) is 4.11. The van der Waals surface area contributed by atoms with Crippen molar-refractivity contribution in [3.8, 4) is 11.5 Å². The number of sulfone groups is 1. The highest BCUT2D eigenvalue weighted by Crippen LogP contribution is 2.37. The first-order valence-corrected chi connectivity index (χ1v) is 10.6. The molecule has 0 spiro atoms. The molecule has 0 bridgehead atoms. The average Bonchev–Trinajstić information content (AvgIpc) is 3.16. The van der Waals surface area contributed by atoms with Crippen LogP contribution in [-0.4, -0.2) is 46.2 Å². The van der Waals surface area contributed by atoms with Crippen molar-refractivity contribution in [1.29, 1.82) is 0 Å². The largest absolute Gasteiger partial charge is 0.493 e. The molecule has 1 aliphatic rings. The standard InChI is InChI=1S/C20H23NO5S/c1-25-18-10-9-14(13-19(18)26-2)17-8-5-11-21(17)20(22)15-6-4-7-16(12-15)27(3,23)24/h4,6-7,9-10,12-13,17H,5,8,11H2,1-3H3/t17-/m0/s1. The molecule has 1 fully saturated rings. The third-order valence-corrected chi connectivity index (χ3v) is 5.93. The molecule has 0 N–H and O–H groups in total. The van der Waals surface area contributed by atoms with Crippen LogP contribution in [0.5, 0.6) is 11.5 Å². The topological polar surface area (TPSA) is 72.9 Å². The molecule has 7 heteroatoms. The number of carbonyl (C=O) groups excluding carboxylic acids is 1. The summed E-state index contributed by atoms with van der Waals surface area (Å²) in [5, 5.41) is 0. The van der Waals surface area contributed by atoms with Gasteiger partial charge in [0.15, 0.2) is 21.3 Å². The van der Waals surface area contributed by atoms with E-state index in [0.717, 1.165) is 24.7 Å². The van der Waals surface area contributed by atoms with Crippen molar-refractivity contribution in [3.05, 3.63) is 53.6 Å². The molecule has 0 aliphatic carbocycles. The molecule has 27 heavy (non-hydrogen) atoms. The molecule has 1 saturated heterocycles. The second-order valence-electron chi connectivity index (χ2n) is 6.57. The van der Waals surface area contributed by atoms with E-state index < -0.39 is 9.84 Å². The van der Waals surface area contributed by atoms with Gasteiger partial charge in [0.1, 0.15) is 0 Å². The number of hydrogen-bond donors (Lipinski definition) is 0. The van der Waals surface area contributed by atoms with E-state index in [1.807, 2.05) is 18.2 Å². The second kappa shape index (κ2) is 7.60. The zero-order valence-electron chi connectivity index (χ0n) is 15.6. The number of likely N-dealkylation sites (tertiary alicyclic amines) is 1. The molecular formula is C20H23NO5S. The fourth-order valence-electron chi connectivity index (χ4n) is 3.44. The van der Waals surface area contributed by atoms with Crippen LogP contribution in [-0.2, 0) is 9.84 Å². The summed E-state index contributed by atoms with van der Waals surface area (Å²) in [6, 6.07) is 11.8. The minimum Gasteiger partial charge on any atom is -0.493 e. The Morgan fingerprint density at radius 2 is 1.81 bits per heavy atom. The van der Waals surface area contributed by atoms with Gasteiger partial charge in [0.25, 0.3) is 5.91 Å². The van der Waals surface area contributed by atoms with Crippen molar-refractivity contribution < 1.29 is 22.7 Å². The van der Waals surface area contributed by atoms with Gasteiger partial charge in [-0.1, -0.05) is 12.1 Å². The number of nitrogens with zero attached hydrogens (tertiary/aromatic N) is 1. The Hall–Kier alpha value is -2.54. The maximum absolute atomic E-state index is 13.1. The second-order valence-corrected chi connectivity index (χ2v) is 8.59. The van der Waals surface area contributed by atoms with Gasteiger partial charge in [-0.2, -0.15) is 0 Å². The van der Waals surface area contributed by atoms with E-state index in [9.17, 15) is 13.2 Å². The van der Waals surface area contributed by atoms with E-state index in [4.69, 9.17) is 9.47 Å². The van der Waals surface area contributed by atoms with Gasteiger partial charge in [-0.3, -0.25) is 4.79 Å². The van der Waals surface area contributed by atoms with Crippen LogP contribution in [0.25, 0.3) is 0 Å². The maximum atomic E-state index is 13.1. The van der Waals surface area contributed by atoms with Gasteiger partial charge in [0, 0.05) is 18.4 Å². The smallest absolute Gasteiger partial charge is 0.254 e. The molecule has 0 radical (unpaired) electrons. The third-order valence-electron chi connectivity index (χ3n) is 4.82. The summed E-state index contributed by atoms with van der Waals surface area (Å²) in [4.78, 5) is 15.0. The molecule has 0 aromatic heterocycles. The van der Waals surface area contributed by atoms with E-state index in [0.29, 0.717) is 23.6 Å². The monoisotopic (exact) mass is 389 g/mol. The van der Waals surface area contributed by atoms with Crippen LogP contribution in [0.3, 0.4) is 0 Å². The normalized spacial score (nSPS) is 17.0. The predicted molar refractivity (Wildman–Crippen MR) is 102 cm³/mol. The highest BCUT2D eigenvalue weighted by Gasteiger charge is 2.31. The van der Waals surface area contributed by atoms with E-state index in [1.165, 1.54) is 12.1 Å². The molecule has 0 unspecified atom stereocenters. The summed E-state index contributed by atoms with van der Waals surface area (Å²) < 4.78 is 34.2. The van der Waals surface area contributed by atoms with Gasteiger partial charge < -0.3 is 14.4 Å². The number of carbonyl (C=O) groups is 1. The summed E-state index contributed by atoms with van der Waals surface area (Å²) in [5.74, 6) is 1.09. The summed E-state index contributed by atoms with van der Waals surface area (Å²) in [7, 11) is -0.206. The SMILES string of the molecule is COc1ccc([C@@H]2CCCN2C(=O)c2cccc(S(C)(=O)=O)c2)cc1OC. The van der Waals surface area contributed by atoms with E-state index in [2.05, 4.69) is 0 Å². The lowest BCUT2D eigenvalue weighted by molar-refractivity contribution is 0.0735. The summed E-state index contributed by atoms with van der Waals surface area (Å²) in [6.07, 6.45) is 2.86. The molecule has 1 aliphatic heterocycles. The van der Waals surface area contributed by atoms with Crippen LogP contribution in [0.1, 0.15) is 34.8 Å². The molecule has 6 nitrogen and oxygen atoms in total. The van der Waals surface area contributed by atoms with Crippen molar-refractivity contribution in [2.75, 3.05) is 27.0 Å². The third kappa shape index (κ3) is 3.93. The Morgan fingerprint density at radius 1 is 1.07 bits per heavy atom. The molecule has 2 aromatic rings. The van der Waals surface area contributed by atoms with Crippen LogP contribution in [0.4, 0.5) is 0 Å². The molecule has 1 amide bonds. The average molecular weight is 389 g/mol. The van der Waals surface area contributed by atoms with Crippen molar-refractivity contribution >= 4 is 15.7 Å². The number of ether oxygens (including phenoxy) is 2. The van der Waals surface area contributed by atoms with Gasteiger partial charge in [-0.25, -0.2) is 8.42 Å². The number of methoxy groups -OCH3 is 2. The van der Waals surface area contributed by atoms with Gasteiger partial charge in [0.05, 0.1) is 25.2 Å². The minimum atomic E-state index is -3.37. The fraction of sp³-hybridized carbons (Fsp3) is 0.350.